The summed E-state index contributed by atoms with van der Waals surface area (Å²) < 4.78 is 14.7. The van der Waals surface area contributed by atoms with E-state index in [1.165, 1.54) is 4.68 Å². The minimum Gasteiger partial charge on any atom is -0.490 e. The maximum atomic E-state index is 13.3. The van der Waals surface area contributed by atoms with Crippen LogP contribution in [0.5, 0.6) is 11.5 Å². The molecule has 3 aromatic carbocycles. The normalized spacial score (nSPS) is 11.6. The summed E-state index contributed by atoms with van der Waals surface area (Å²) in [5.74, 6) is 1.62. The summed E-state index contributed by atoms with van der Waals surface area (Å²) in [6, 6.07) is 14.3. The molecule has 0 aliphatic heterocycles. The molecule has 0 amide bonds. The lowest BCUT2D eigenvalue weighted by Crippen LogP contribution is -2.23. The lowest BCUT2D eigenvalue weighted by Gasteiger charge is -2.15. The van der Waals surface area contributed by atoms with Crippen molar-refractivity contribution >= 4 is 72.2 Å². The van der Waals surface area contributed by atoms with Gasteiger partial charge in [0.2, 0.25) is 0 Å². The second-order valence-electron chi connectivity index (χ2n) is 8.43. The SMILES string of the molecule is CCOc1cc(C=Nn2c(C(C)C)nc3ccc(Br)cc3c2=O)c(Br)cc1OCc1ccc(Cl)cc1Cl. The Morgan fingerprint density at radius 3 is 2.51 bits per heavy atom. The van der Waals surface area contributed by atoms with E-state index in [1.807, 2.05) is 39.0 Å². The molecule has 0 unspecified atom stereocenters. The maximum Gasteiger partial charge on any atom is 0.282 e. The Morgan fingerprint density at radius 2 is 1.81 bits per heavy atom. The number of benzene rings is 3. The Labute approximate surface area is 241 Å². The van der Waals surface area contributed by atoms with Crippen LogP contribution in [0.1, 0.15) is 43.6 Å². The van der Waals surface area contributed by atoms with E-state index in [-0.39, 0.29) is 18.1 Å². The first-order valence-corrected chi connectivity index (χ1v) is 13.8. The van der Waals surface area contributed by atoms with Gasteiger partial charge in [0.05, 0.1) is 23.7 Å². The van der Waals surface area contributed by atoms with E-state index in [2.05, 4.69) is 37.0 Å². The van der Waals surface area contributed by atoms with Gasteiger partial charge in [0.1, 0.15) is 12.4 Å². The van der Waals surface area contributed by atoms with Crippen molar-refractivity contribution in [2.45, 2.75) is 33.3 Å². The van der Waals surface area contributed by atoms with Gasteiger partial charge in [-0.25, -0.2) is 4.98 Å². The van der Waals surface area contributed by atoms with Crippen molar-refractivity contribution in [1.82, 2.24) is 9.66 Å². The molecule has 4 rings (SSSR count). The third-order valence-electron chi connectivity index (χ3n) is 5.42. The summed E-state index contributed by atoms with van der Waals surface area (Å²) in [7, 11) is 0. The second kappa shape index (κ2) is 12.0. The van der Waals surface area contributed by atoms with Gasteiger partial charge in [-0.05, 0) is 65.3 Å². The summed E-state index contributed by atoms with van der Waals surface area (Å²) in [4.78, 5) is 18.0. The molecule has 0 fully saturated rings. The van der Waals surface area contributed by atoms with Crippen molar-refractivity contribution < 1.29 is 9.47 Å². The van der Waals surface area contributed by atoms with Gasteiger partial charge >= 0.3 is 0 Å². The summed E-state index contributed by atoms with van der Waals surface area (Å²) >= 11 is 19.3. The molecule has 6 nitrogen and oxygen atoms in total. The van der Waals surface area contributed by atoms with Crippen LogP contribution in [-0.2, 0) is 6.61 Å². The molecule has 0 saturated carbocycles. The van der Waals surface area contributed by atoms with Crippen molar-refractivity contribution in [3.05, 3.63) is 94.8 Å². The van der Waals surface area contributed by atoms with Crippen LogP contribution in [0.4, 0.5) is 0 Å². The lowest BCUT2D eigenvalue weighted by atomic mass is 10.2. The van der Waals surface area contributed by atoms with Crippen molar-refractivity contribution in [3.8, 4) is 11.5 Å². The molecule has 37 heavy (non-hydrogen) atoms. The Kier molecular flexibility index (Phi) is 8.95. The van der Waals surface area contributed by atoms with Crippen LogP contribution in [0.15, 0.2) is 67.4 Å². The molecule has 4 aromatic rings. The molecule has 0 radical (unpaired) electrons. The van der Waals surface area contributed by atoms with Crippen LogP contribution in [0.3, 0.4) is 0 Å². The number of halogens is 4. The van der Waals surface area contributed by atoms with Gasteiger partial charge in [-0.15, -0.1) is 0 Å². The predicted molar refractivity (Wildman–Crippen MR) is 157 cm³/mol. The molecule has 10 heteroatoms. The first kappa shape index (κ1) is 27.6. The Hall–Kier alpha value is -2.39. The number of hydrogen-bond acceptors (Lipinski definition) is 5. The van der Waals surface area contributed by atoms with E-state index in [0.29, 0.717) is 54.9 Å². The third-order valence-corrected chi connectivity index (χ3v) is 7.19. The van der Waals surface area contributed by atoms with Crippen LogP contribution in [-0.4, -0.2) is 22.5 Å². The van der Waals surface area contributed by atoms with Crippen LogP contribution in [0.2, 0.25) is 10.0 Å². The molecule has 0 atom stereocenters. The molecular formula is C27H23Br2Cl2N3O3. The van der Waals surface area contributed by atoms with Crippen LogP contribution < -0.4 is 15.0 Å². The number of aromatic nitrogens is 2. The number of fused-ring (bicyclic) bond motifs is 1. The fraction of sp³-hybridized carbons (Fsp3) is 0.222. The zero-order chi connectivity index (χ0) is 26.7. The number of hydrogen-bond donors (Lipinski definition) is 0. The van der Waals surface area contributed by atoms with Crippen molar-refractivity contribution in [1.29, 1.82) is 0 Å². The molecular weight excluding hydrogens is 645 g/mol. The monoisotopic (exact) mass is 665 g/mol. The third kappa shape index (κ3) is 6.37. The average molecular weight is 668 g/mol. The Morgan fingerprint density at radius 1 is 1.05 bits per heavy atom. The van der Waals surface area contributed by atoms with E-state index >= 15 is 0 Å². The van der Waals surface area contributed by atoms with Gasteiger partial charge in [0, 0.05) is 36.0 Å². The highest BCUT2D eigenvalue weighted by Gasteiger charge is 2.15. The van der Waals surface area contributed by atoms with Crippen LogP contribution in [0.25, 0.3) is 10.9 Å². The highest BCUT2D eigenvalue weighted by molar-refractivity contribution is 9.10. The minimum absolute atomic E-state index is 0.0178. The van der Waals surface area contributed by atoms with E-state index in [9.17, 15) is 4.79 Å². The lowest BCUT2D eigenvalue weighted by molar-refractivity contribution is 0.269. The zero-order valence-corrected chi connectivity index (χ0v) is 24.9. The Bertz CT molecular complexity index is 1550. The molecule has 0 aliphatic rings. The van der Waals surface area contributed by atoms with Crippen LogP contribution >= 0.6 is 55.1 Å². The molecule has 0 N–H and O–H groups in total. The summed E-state index contributed by atoms with van der Waals surface area (Å²) in [5, 5.41) is 6.09. The van der Waals surface area contributed by atoms with E-state index in [4.69, 9.17) is 37.7 Å². The largest absolute Gasteiger partial charge is 0.490 e. The van der Waals surface area contributed by atoms with Crippen molar-refractivity contribution in [2.75, 3.05) is 6.61 Å². The summed E-state index contributed by atoms with van der Waals surface area (Å²) in [6.07, 6.45) is 1.60. The predicted octanol–water partition coefficient (Wildman–Crippen LogP) is 8.21. The van der Waals surface area contributed by atoms with Gasteiger partial charge in [0.15, 0.2) is 11.5 Å². The number of ether oxygens (including phenoxy) is 2. The van der Waals surface area contributed by atoms with Gasteiger partial charge < -0.3 is 9.47 Å². The quantitative estimate of drug-likeness (QED) is 0.178. The molecule has 0 bridgehead atoms. The van der Waals surface area contributed by atoms with E-state index in [0.717, 1.165) is 10.0 Å². The first-order valence-electron chi connectivity index (χ1n) is 11.5. The van der Waals surface area contributed by atoms with Gasteiger partial charge in [-0.3, -0.25) is 4.79 Å². The molecule has 0 saturated heterocycles. The summed E-state index contributed by atoms with van der Waals surface area (Å²) in [6.45, 7) is 6.52. The van der Waals surface area contributed by atoms with E-state index in [1.54, 1.807) is 36.5 Å². The van der Waals surface area contributed by atoms with E-state index < -0.39 is 0 Å². The minimum atomic E-state index is -0.243. The van der Waals surface area contributed by atoms with Gasteiger partial charge in [-0.1, -0.05) is 59.0 Å². The first-order chi connectivity index (χ1) is 17.7. The molecule has 1 aromatic heterocycles. The molecule has 0 aliphatic carbocycles. The zero-order valence-electron chi connectivity index (χ0n) is 20.3. The number of rotatable bonds is 8. The fourth-order valence-corrected chi connectivity index (χ4v) is 4.85. The van der Waals surface area contributed by atoms with Gasteiger partial charge in [0.25, 0.3) is 5.56 Å². The van der Waals surface area contributed by atoms with Crippen molar-refractivity contribution in [3.63, 3.8) is 0 Å². The fourth-order valence-electron chi connectivity index (χ4n) is 3.60. The average Bonchev–Trinajstić information content (AvgIpc) is 2.85. The smallest absolute Gasteiger partial charge is 0.282 e. The molecule has 1 heterocycles. The standard InChI is InChI=1S/C27H23Br2Cl2N3O3/c1-4-36-24-9-17(21(29)12-25(24)37-14-16-5-7-19(30)11-22(16)31)13-32-34-26(15(2)3)33-23-8-6-18(28)10-20(23)27(34)35/h5-13,15H,4,14H2,1-3H3. The Balaban J connectivity index is 1.70. The highest BCUT2D eigenvalue weighted by atomic mass is 79.9. The summed E-state index contributed by atoms with van der Waals surface area (Å²) in [5.41, 5.74) is 1.89. The molecule has 0 spiro atoms. The highest BCUT2D eigenvalue weighted by Crippen LogP contribution is 2.34. The second-order valence-corrected chi connectivity index (χ2v) is 11.0. The van der Waals surface area contributed by atoms with Crippen LogP contribution in [0, 0.1) is 0 Å². The molecule has 192 valence electrons. The topological polar surface area (TPSA) is 65.7 Å². The van der Waals surface area contributed by atoms with Gasteiger partial charge in [-0.2, -0.15) is 9.78 Å². The number of nitrogens with zero attached hydrogens (tertiary/aromatic N) is 3. The van der Waals surface area contributed by atoms with Crippen molar-refractivity contribution in [2.24, 2.45) is 5.10 Å². The maximum absolute atomic E-state index is 13.3.